The van der Waals surface area contributed by atoms with Gasteiger partial charge in [0.15, 0.2) is 11.6 Å². The van der Waals surface area contributed by atoms with Crippen molar-refractivity contribution in [1.29, 1.82) is 0 Å². The van der Waals surface area contributed by atoms with Crippen LogP contribution in [0.4, 0.5) is 4.39 Å². The van der Waals surface area contributed by atoms with E-state index in [1.54, 1.807) is 18.2 Å². The van der Waals surface area contributed by atoms with Gasteiger partial charge in [0.25, 0.3) is 0 Å². The van der Waals surface area contributed by atoms with E-state index in [2.05, 4.69) is 10.6 Å². The highest BCUT2D eigenvalue weighted by atomic mass is 19.1. The quantitative estimate of drug-likeness (QED) is 0.841. The summed E-state index contributed by atoms with van der Waals surface area (Å²) in [5, 5.41) is 0. The molecule has 0 saturated carbocycles. The van der Waals surface area contributed by atoms with Gasteiger partial charge in [-0.1, -0.05) is 12.1 Å². The molecule has 0 radical (unpaired) electrons. The van der Waals surface area contributed by atoms with Crippen molar-refractivity contribution in [2.45, 2.75) is 31.7 Å². The maximum absolute atomic E-state index is 14.2. The summed E-state index contributed by atoms with van der Waals surface area (Å²) in [5.74, 6) is -0.0584. The molecule has 1 aliphatic heterocycles. The molecule has 1 atom stereocenters. The first-order valence-corrected chi connectivity index (χ1v) is 8.34. The number of carbonyl (C=O) groups excluding carboxylic acids is 1. The third-order valence-electron chi connectivity index (χ3n) is 4.77. The molecule has 1 aliphatic rings. The zero-order valence-electron chi connectivity index (χ0n) is 14.2. The topological polar surface area (TPSA) is 34.5 Å². The molecule has 1 aromatic heterocycles. The Kier molecular flexibility index (Phi) is 4.88. The summed E-state index contributed by atoms with van der Waals surface area (Å²) >= 11 is 0. The van der Waals surface area contributed by atoms with Crippen LogP contribution in [-0.2, 0) is 18.3 Å². The molecule has 1 saturated heterocycles. The largest absolute Gasteiger partial charge is 0.494 e. The maximum Gasteiger partial charge on any atom is 0.223 e. The van der Waals surface area contributed by atoms with Crippen molar-refractivity contribution in [3.05, 3.63) is 53.6 Å². The smallest absolute Gasteiger partial charge is 0.223 e. The average Bonchev–Trinajstić information content (AvgIpc) is 3.22. The number of aryl methyl sites for hydroxylation is 2. The highest BCUT2D eigenvalue weighted by Crippen LogP contribution is 2.32. The van der Waals surface area contributed by atoms with Gasteiger partial charge in [-0.25, -0.2) is 4.39 Å². The lowest BCUT2D eigenvalue weighted by atomic mass is 10.1. The first-order valence-electron chi connectivity index (χ1n) is 8.34. The van der Waals surface area contributed by atoms with Crippen molar-refractivity contribution in [2.24, 2.45) is 7.05 Å². The number of likely N-dealkylation sites (tertiary alicyclic amines) is 1. The maximum atomic E-state index is 14.2. The lowest BCUT2D eigenvalue weighted by Gasteiger charge is -2.25. The molecular weight excluding hydrogens is 307 g/mol. The summed E-state index contributed by atoms with van der Waals surface area (Å²) in [6, 6.07) is 9.26. The summed E-state index contributed by atoms with van der Waals surface area (Å²) in [6.07, 6.45) is 4.69. The predicted molar refractivity (Wildman–Crippen MR) is 90.4 cm³/mol. The van der Waals surface area contributed by atoms with Gasteiger partial charge in [-0.2, -0.15) is 0 Å². The van der Waals surface area contributed by atoms with Crippen molar-refractivity contribution in [3.63, 3.8) is 0 Å². The van der Waals surface area contributed by atoms with Crippen LogP contribution in [0.5, 0.6) is 5.75 Å². The van der Waals surface area contributed by atoms with E-state index in [4.69, 9.17) is 4.74 Å². The molecule has 1 fully saturated rings. The molecule has 0 unspecified atom stereocenters. The number of hydrogen-bond donors (Lipinski definition) is 0. The van der Waals surface area contributed by atoms with Crippen LogP contribution in [-0.4, -0.2) is 29.0 Å². The second-order valence-electron chi connectivity index (χ2n) is 6.22. The number of nitrogens with zero attached hydrogens (tertiary/aromatic N) is 2. The fourth-order valence-electron chi connectivity index (χ4n) is 3.49. The van der Waals surface area contributed by atoms with E-state index in [9.17, 15) is 9.18 Å². The van der Waals surface area contributed by atoms with Gasteiger partial charge in [0.05, 0.1) is 13.2 Å². The molecule has 2 heterocycles. The van der Waals surface area contributed by atoms with Gasteiger partial charge in [-0.15, -0.1) is 0 Å². The Labute approximate surface area is 141 Å². The standard InChI is InChI=1S/C19H23FN2O2/c1-21-12-4-7-15(21)16-8-5-13-22(16)18(23)11-10-14-6-3-9-17(24-2)19(14)20/h3-4,6-7,9,12,16H,5,8,10-11,13H2,1-2H3/t16-/m0/s1. The number of carbonyl (C=O) groups is 1. The molecule has 4 nitrogen and oxygen atoms in total. The third kappa shape index (κ3) is 3.16. The predicted octanol–water partition coefficient (Wildman–Crippen LogP) is 3.47. The van der Waals surface area contributed by atoms with Crippen LogP contribution >= 0.6 is 0 Å². The van der Waals surface area contributed by atoms with Crippen molar-refractivity contribution in [3.8, 4) is 5.75 Å². The molecule has 3 rings (SSSR count). The number of ether oxygens (including phenoxy) is 1. The van der Waals surface area contributed by atoms with E-state index in [-0.39, 0.29) is 23.5 Å². The van der Waals surface area contributed by atoms with Crippen molar-refractivity contribution < 1.29 is 13.9 Å². The number of benzene rings is 1. The minimum Gasteiger partial charge on any atom is -0.494 e. The lowest BCUT2D eigenvalue weighted by molar-refractivity contribution is -0.132. The Morgan fingerprint density at radius 2 is 2.17 bits per heavy atom. The van der Waals surface area contributed by atoms with Crippen LogP contribution in [0.3, 0.4) is 0 Å². The second kappa shape index (κ2) is 7.07. The number of amides is 1. The van der Waals surface area contributed by atoms with Crippen molar-refractivity contribution >= 4 is 5.91 Å². The van der Waals surface area contributed by atoms with E-state index in [0.29, 0.717) is 18.4 Å². The highest BCUT2D eigenvalue weighted by Gasteiger charge is 2.31. The van der Waals surface area contributed by atoms with Crippen LogP contribution in [0.25, 0.3) is 0 Å². The fourth-order valence-corrected chi connectivity index (χ4v) is 3.49. The normalized spacial score (nSPS) is 17.3. The zero-order valence-corrected chi connectivity index (χ0v) is 14.2. The fraction of sp³-hybridized carbons (Fsp3) is 0.421. The van der Waals surface area contributed by atoms with Crippen LogP contribution in [0.1, 0.15) is 36.6 Å². The SMILES string of the molecule is COc1cccc(CCC(=O)N2CCC[C@H]2c2cccn2C)c1F. The molecule has 5 heteroatoms. The summed E-state index contributed by atoms with van der Waals surface area (Å²) in [6.45, 7) is 0.773. The number of halogens is 1. The number of rotatable bonds is 5. The summed E-state index contributed by atoms with van der Waals surface area (Å²) in [7, 11) is 3.45. The Balaban J connectivity index is 1.68. The molecule has 0 bridgehead atoms. The van der Waals surface area contributed by atoms with Crippen molar-refractivity contribution in [2.75, 3.05) is 13.7 Å². The van der Waals surface area contributed by atoms with Crippen LogP contribution < -0.4 is 4.74 Å². The number of aromatic nitrogens is 1. The third-order valence-corrected chi connectivity index (χ3v) is 4.77. The molecule has 0 spiro atoms. The highest BCUT2D eigenvalue weighted by molar-refractivity contribution is 5.77. The molecule has 0 aliphatic carbocycles. The molecule has 24 heavy (non-hydrogen) atoms. The number of methoxy groups -OCH3 is 1. The number of hydrogen-bond acceptors (Lipinski definition) is 2. The Morgan fingerprint density at radius 3 is 2.88 bits per heavy atom. The zero-order chi connectivity index (χ0) is 17.1. The van der Waals surface area contributed by atoms with Crippen LogP contribution in [0, 0.1) is 5.82 Å². The van der Waals surface area contributed by atoms with Gasteiger partial charge >= 0.3 is 0 Å². The summed E-state index contributed by atoms with van der Waals surface area (Å²) in [4.78, 5) is 14.6. The van der Waals surface area contributed by atoms with Crippen LogP contribution in [0.2, 0.25) is 0 Å². The molecule has 1 amide bonds. The minimum atomic E-state index is -0.367. The summed E-state index contributed by atoms with van der Waals surface area (Å²) in [5.41, 5.74) is 1.69. The van der Waals surface area contributed by atoms with Gasteiger partial charge in [0, 0.05) is 31.9 Å². The van der Waals surface area contributed by atoms with Gasteiger partial charge in [0.1, 0.15) is 0 Å². The Hall–Kier alpha value is -2.30. The Morgan fingerprint density at radius 1 is 1.33 bits per heavy atom. The molecule has 0 N–H and O–H groups in total. The van der Waals surface area contributed by atoms with Gasteiger partial charge < -0.3 is 14.2 Å². The average molecular weight is 330 g/mol. The summed E-state index contributed by atoms with van der Waals surface area (Å²) < 4.78 is 21.3. The van der Waals surface area contributed by atoms with Crippen molar-refractivity contribution in [1.82, 2.24) is 9.47 Å². The first-order chi connectivity index (χ1) is 11.6. The molecule has 2 aromatic rings. The van der Waals surface area contributed by atoms with Crippen LogP contribution in [0.15, 0.2) is 36.5 Å². The minimum absolute atomic E-state index is 0.0842. The lowest BCUT2D eigenvalue weighted by Crippen LogP contribution is -2.31. The van der Waals surface area contributed by atoms with E-state index in [1.807, 2.05) is 24.2 Å². The molecule has 1 aromatic carbocycles. The van der Waals surface area contributed by atoms with E-state index in [0.717, 1.165) is 25.1 Å². The first kappa shape index (κ1) is 16.6. The molecular formula is C19H23FN2O2. The van der Waals surface area contributed by atoms with E-state index in [1.165, 1.54) is 7.11 Å². The van der Waals surface area contributed by atoms with Gasteiger partial charge in [-0.3, -0.25) is 4.79 Å². The monoisotopic (exact) mass is 330 g/mol. The Bertz CT molecular complexity index is 726. The van der Waals surface area contributed by atoms with E-state index >= 15 is 0 Å². The van der Waals surface area contributed by atoms with Gasteiger partial charge in [0.2, 0.25) is 5.91 Å². The van der Waals surface area contributed by atoms with Gasteiger partial charge in [-0.05, 0) is 43.0 Å². The second-order valence-corrected chi connectivity index (χ2v) is 6.22. The van der Waals surface area contributed by atoms with E-state index < -0.39 is 0 Å². The molecule has 128 valence electrons.